The minimum Gasteiger partial charge on any atom is -0.491 e. The Balaban J connectivity index is 1.81. The lowest BCUT2D eigenvalue weighted by Gasteiger charge is -2.13. The first-order valence-electron chi connectivity index (χ1n) is 7.19. The minimum atomic E-state index is -0.454. The number of rotatable bonds is 5. The molecule has 1 fully saturated rings. The number of nitrogens with one attached hydrogen (secondary N) is 2. The van der Waals surface area contributed by atoms with E-state index in [0.717, 1.165) is 0 Å². The van der Waals surface area contributed by atoms with Gasteiger partial charge in [0.25, 0.3) is 0 Å². The first kappa shape index (κ1) is 16.1. The maximum atomic E-state index is 13.7. The van der Waals surface area contributed by atoms with E-state index in [-0.39, 0.29) is 30.3 Å². The number of nitrogens with zero attached hydrogens (tertiary/aromatic N) is 1. The summed E-state index contributed by atoms with van der Waals surface area (Å²) in [6.45, 7) is 2.88. The number of carbonyl (C=O) groups is 2. The first-order valence-corrected chi connectivity index (χ1v) is 7.19. The van der Waals surface area contributed by atoms with Gasteiger partial charge in [0, 0.05) is 26.6 Å². The molecule has 6 nitrogen and oxygen atoms in total. The minimum absolute atomic E-state index is 0.0129. The lowest BCUT2D eigenvalue weighted by molar-refractivity contribution is -0.126. The molecule has 0 unspecified atom stereocenters. The Labute approximate surface area is 128 Å². The Hall–Kier alpha value is -2.31. The van der Waals surface area contributed by atoms with Crippen molar-refractivity contribution in [1.82, 2.24) is 15.5 Å². The van der Waals surface area contributed by atoms with Crippen LogP contribution in [0.5, 0.6) is 5.75 Å². The maximum Gasteiger partial charge on any atom is 0.315 e. The molecule has 1 aromatic carbocycles. The molecule has 0 radical (unpaired) electrons. The van der Waals surface area contributed by atoms with Crippen molar-refractivity contribution < 1.29 is 18.7 Å². The number of ether oxygens (including phenoxy) is 1. The molecule has 0 bridgehead atoms. The Morgan fingerprint density at radius 3 is 2.86 bits per heavy atom. The van der Waals surface area contributed by atoms with Crippen molar-refractivity contribution in [3.05, 3.63) is 29.6 Å². The fourth-order valence-corrected chi connectivity index (χ4v) is 2.31. The van der Waals surface area contributed by atoms with Crippen LogP contribution in [0.25, 0.3) is 0 Å². The fourth-order valence-electron chi connectivity index (χ4n) is 2.31. The van der Waals surface area contributed by atoms with Crippen LogP contribution in [0.1, 0.15) is 18.9 Å². The summed E-state index contributed by atoms with van der Waals surface area (Å²) in [6, 6.07) is 4.01. The highest BCUT2D eigenvalue weighted by atomic mass is 19.1. The van der Waals surface area contributed by atoms with E-state index in [1.54, 1.807) is 31.0 Å². The summed E-state index contributed by atoms with van der Waals surface area (Å²) >= 11 is 0. The number of hydrogen-bond acceptors (Lipinski definition) is 3. The molecule has 1 aliphatic heterocycles. The van der Waals surface area contributed by atoms with Crippen molar-refractivity contribution in [2.24, 2.45) is 0 Å². The summed E-state index contributed by atoms with van der Waals surface area (Å²) in [7, 11) is 1.70. The Morgan fingerprint density at radius 2 is 2.27 bits per heavy atom. The summed E-state index contributed by atoms with van der Waals surface area (Å²) in [4.78, 5) is 24.7. The molecule has 1 atom stereocenters. The molecule has 1 aliphatic rings. The largest absolute Gasteiger partial charge is 0.491 e. The number of benzene rings is 1. The van der Waals surface area contributed by atoms with Gasteiger partial charge in [0.1, 0.15) is 0 Å². The fraction of sp³-hybridized carbons (Fsp3) is 0.467. The van der Waals surface area contributed by atoms with Gasteiger partial charge >= 0.3 is 6.03 Å². The number of hydrogen-bond donors (Lipinski definition) is 2. The van der Waals surface area contributed by atoms with E-state index in [1.807, 2.05) is 0 Å². The third-order valence-corrected chi connectivity index (χ3v) is 3.43. The molecular formula is C15H20FN3O3. The van der Waals surface area contributed by atoms with Crippen LogP contribution in [0.15, 0.2) is 18.2 Å². The first-order chi connectivity index (χ1) is 10.5. The second kappa shape index (κ2) is 7.11. The van der Waals surface area contributed by atoms with E-state index in [9.17, 15) is 14.0 Å². The van der Waals surface area contributed by atoms with Gasteiger partial charge in [-0.2, -0.15) is 0 Å². The maximum absolute atomic E-state index is 13.7. The molecular weight excluding hydrogens is 289 g/mol. The van der Waals surface area contributed by atoms with Crippen molar-refractivity contribution in [2.45, 2.75) is 25.9 Å². The van der Waals surface area contributed by atoms with Crippen LogP contribution in [0.2, 0.25) is 0 Å². The van der Waals surface area contributed by atoms with E-state index >= 15 is 0 Å². The molecule has 1 aromatic rings. The van der Waals surface area contributed by atoms with Crippen molar-refractivity contribution in [2.75, 3.05) is 20.2 Å². The number of likely N-dealkylation sites (tertiary alicyclic amines) is 1. The second-order valence-corrected chi connectivity index (χ2v) is 5.20. The summed E-state index contributed by atoms with van der Waals surface area (Å²) in [5, 5.41) is 5.37. The molecule has 0 spiro atoms. The van der Waals surface area contributed by atoms with Crippen LogP contribution in [0, 0.1) is 5.82 Å². The smallest absolute Gasteiger partial charge is 0.315 e. The summed E-state index contributed by atoms with van der Waals surface area (Å²) in [5.74, 6) is -0.244. The van der Waals surface area contributed by atoms with Crippen LogP contribution in [-0.2, 0) is 11.3 Å². The van der Waals surface area contributed by atoms with Crippen LogP contribution in [0.3, 0.4) is 0 Å². The van der Waals surface area contributed by atoms with Gasteiger partial charge < -0.3 is 20.3 Å². The highest BCUT2D eigenvalue weighted by molar-refractivity contribution is 5.81. The van der Waals surface area contributed by atoms with Crippen molar-refractivity contribution in [3.8, 4) is 5.75 Å². The Morgan fingerprint density at radius 1 is 1.50 bits per heavy atom. The van der Waals surface area contributed by atoms with Gasteiger partial charge in [-0.1, -0.05) is 6.07 Å². The zero-order valence-electron chi connectivity index (χ0n) is 12.7. The molecule has 1 heterocycles. The molecule has 1 saturated heterocycles. The zero-order valence-corrected chi connectivity index (χ0v) is 12.7. The number of halogens is 1. The topological polar surface area (TPSA) is 70.7 Å². The predicted octanol–water partition coefficient (Wildman–Crippen LogP) is 1.25. The Kier molecular flexibility index (Phi) is 5.19. The molecule has 2 N–H and O–H groups in total. The van der Waals surface area contributed by atoms with Crippen LogP contribution < -0.4 is 15.4 Å². The Bertz CT molecular complexity index is 565. The molecule has 22 heavy (non-hydrogen) atoms. The average Bonchev–Trinajstić information content (AvgIpc) is 2.78. The van der Waals surface area contributed by atoms with Gasteiger partial charge in [-0.15, -0.1) is 0 Å². The third-order valence-electron chi connectivity index (χ3n) is 3.43. The van der Waals surface area contributed by atoms with Crippen molar-refractivity contribution in [1.29, 1.82) is 0 Å². The average molecular weight is 309 g/mol. The van der Waals surface area contributed by atoms with E-state index in [1.165, 1.54) is 6.07 Å². The van der Waals surface area contributed by atoms with Crippen molar-refractivity contribution in [3.63, 3.8) is 0 Å². The molecule has 3 amide bonds. The third kappa shape index (κ3) is 4.09. The molecule has 0 aliphatic carbocycles. The van der Waals surface area contributed by atoms with Crippen LogP contribution in [0.4, 0.5) is 9.18 Å². The van der Waals surface area contributed by atoms with E-state index in [4.69, 9.17) is 4.74 Å². The monoisotopic (exact) mass is 309 g/mol. The lowest BCUT2D eigenvalue weighted by Crippen LogP contribution is -2.42. The number of urea groups is 1. The second-order valence-electron chi connectivity index (χ2n) is 5.20. The SMILES string of the molecule is CCOc1ccc(CNC(=O)N[C@H]2CC(=O)N(C)C2)cc1F. The van der Waals surface area contributed by atoms with Gasteiger partial charge in [-0.25, -0.2) is 9.18 Å². The predicted molar refractivity (Wildman–Crippen MR) is 79.0 cm³/mol. The van der Waals surface area contributed by atoms with E-state index in [2.05, 4.69) is 10.6 Å². The number of amides is 3. The number of likely N-dealkylation sites (N-methyl/N-ethyl adjacent to an activating group) is 1. The molecule has 0 aromatic heterocycles. The van der Waals surface area contributed by atoms with Crippen LogP contribution >= 0.6 is 0 Å². The summed E-state index contributed by atoms with van der Waals surface area (Å²) in [5.41, 5.74) is 0.635. The summed E-state index contributed by atoms with van der Waals surface area (Å²) in [6.07, 6.45) is 0.307. The van der Waals surface area contributed by atoms with Gasteiger partial charge in [0.15, 0.2) is 11.6 Å². The normalized spacial score (nSPS) is 17.5. The van der Waals surface area contributed by atoms with E-state index in [0.29, 0.717) is 25.1 Å². The van der Waals surface area contributed by atoms with Gasteiger partial charge in [0.05, 0.1) is 12.6 Å². The highest BCUT2D eigenvalue weighted by Crippen LogP contribution is 2.18. The van der Waals surface area contributed by atoms with E-state index < -0.39 is 5.82 Å². The number of carbonyl (C=O) groups excluding carboxylic acids is 2. The molecule has 2 rings (SSSR count). The molecule has 0 saturated carbocycles. The molecule has 7 heteroatoms. The van der Waals surface area contributed by atoms with Gasteiger partial charge in [-0.05, 0) is 24.6 Å². The zero-order chi connectivity index (χ0) is 16.1. The van der Waals surface area contributed by atoms with Gasteiger partial charge in [0.2, 0.25) is 5.91 Å². The standard InChI is InChI=1S/C15H20FN3O3/c1-3-22-13-5-4-10(6-12(13)16)8-17-15(21)18-11-7-14(20)19(2)9-11/h4-6,11H,3,7-9H2,1-2H3,(H2,17,18,21)/t11-/m0/s1. The van der Waals surface area contributed by atoms with Gasteiger partial charge in [-0.3, -0.25) is 4.79 Å². The lowest BCUT2D eigenvalue weighted by atomic mass is 10.2. The highest BCUT2D eigenvalue weighted by Gasteiger charge is 2.27. The molecule has 120 valence electrons. The van der Waals surface area contributed by atoms with Crippen molar-refractivity contribution >= 4 is 11.9 Å². The summed E-state index contributed by atoms with van der Waals surface area (Å²) < 4.78 is 18.8. The van der Waals surface area contributed by atoms with Crippen LogP contribution in [-0.4, -0.2) is 43.1 Å². The quantitative estimate of drug-likeness (QED) is 0.860.